The van der Waals surface area contributed by atoms with E-state index in [-0.39, 0.29) is 30.6 Å². The molecule has 0 aliphatic heterocycles. The molecule has 2 aromatic rings. The van der Waals surface area contributed by atoms with Gasteiger partial charge in [-0.2, -0.15) is 0 Å². The maximum Gasteiger partial charge on any atom is 0.226 e. The van der Waals surface area contributed by atoms with Crippen molar-refractivity contribution in [3.8, 4) is 0 Å². The number of aryl methyl sites for hydroxylation is 3. The lowest BCUT2D eigenvalue weighted by Crippen LogP contribution is -2.33. The summed E-state index contributed by atoms with van der Waals surface area (Å²) in [5, 5.41) is 2.79. The Morgan fingerprint density at radius 2 is 1.59 bits per heavy atom. The normalized spacial score (nSPS) is 10.4. The molecule has 0 fully saturated rings. The SMILES string of the molecule is CC(=O)c1cccc(NC(=O)CCN(C(C)=O)c2c(C)cc(C)cc2C)c1. The van der Waals surface area contributed by atoms with Crippen molar-refractivity contribution in [3.05, 3.63) is 58.7 Å². The zero-order valence-corrected chi connectivity index (χ0v) is 16.6. The molecule has 2 amide bonds. The third-order valence-corrected chi connectivity index (χ3v) is 4.40. The maximum atomic E-state index is 12.3. The summed E-state index contributed by atoms with van der Waals surface area (Å²) < 4.78 is 0. The number of carbonyl (C=O) groups excluding carboxylic acids is 3. The van der Waals surface area contributed by atoms with Crippen LogP contribution in [-0.4, -0.2) is 24.1 Å². The number of anilines is 2. The van der Waals surface area contributed by atoms with E-state index in [0.717, 1.165) is 22.4 Å². The van der Waals surface area contributed by atoms with Crippen molar-refractivity contribution in [1.29, 1.82) is 0 Å². The molecule has 0 aliphatic rings. The lowest BCUT2D eigenvalue weighted by Gasteiger charge is -2.25. The maximum absolute atomic E-state index is 12.3. The fourth-order valence-corrected chi connectivity index (χ4v) is 3.28. The Labute approximate surface area is 160 Å². The van der Waals surface area contributed by atoms with E-state index in [4.69, 9.17) is 0 Å². The van der Waals surface area contributed by atoms with Gasteiger partial charge in [0, 0.05) is 36.8 Å². The molecule has 2 rings (SSSR count). The van der Waals surface area contributed by atoms with E-state index in [2.05, 4.69) is 5.32 Å². The molecule has 0 unspecified atom stereocenters. The van der Waals surface area contributed by atoms with E-state index in [0.29, 0.717) is 11.3 Å². The fraction of sp³-hybridized carbons (Fsp3) is 0.318. The molecule has 0 aromatic heterocycles. The molecule has 0 spiro atoms. The van der Waals surface area contributed by atoms with E-state index >= 15 is 0 Å². The molecule has 142 valence electrons. The number of carbonyl (C=O) groups is 3. The van der Waals surface area contributed by atoms with Crippen molar-refractivity contribution >= 4 is 29.0 Å². The molecule has 0 saturated heterocycles. The van der Waals surface area contributed by atoms with Crippen LogP contribution in [0.2, 0.25) is 0 Å². The molecule has 0 aliphatic carbocycles. The van der Waals surface area contributed by atoms with Crippen LogP contribution in [0, 0.1) is 20.8 Å². The Balaban J connectivity index is 2.11. The predicted molar refractivity (Wildman–Crippen MR) is 108 cm³/mol. The van der Waals surface area contributed by atoms with E-state index in [1.807, 2.05) is 32.9 Å². The van der Waals surface area contributed by atoms with Crippen LogP contribution in [0.5, 0.6) is 0 Å². The van der Waals surface area contributed by atoms with Crippen LogP contribution in [-0.2, 0) is 9.59 Å². The van der Waals surface area contributed by atoms with Gasteiger partial charge in [0.1, 0.15) is 0 Å². The fourth-order valence-electron chi connectivity index (χ4n) is 3.28. The van der Waals surface area contributed by atoms with Gasteiger partial charge in [0.15, 0.2) is 5.78 Å². The highest BCUT2D eigenvalue weighted by molar-refractivity contribution is 5.98. The molecule has 27 heavy (non-hydrogen) atoms. The topological polar surface area (TPSA) is 66.5 Å². The van der Waals surface area contributed by atoms with Crippen molar-refractivity contribution in [2.75, 3.05) is 16.8 Å². The van der Waals surface area contributed by atoms with Crippen LogP contribution < -0.4 is 10.2 Å². The van der Waals surface area contributed by atoms with Crippen LogP contribution in [0.4, 0.5) is 11.4 Å². The first-order valence-electron chi connectivity index (χ1n) is 8.96. The molecule has 5 nitrogen and oxygen atoms in total. The zero-order valence-electron chi connectivity index (χ0n) is 16.6. The monoisotopic (exact) mass is 366 g/mol. The Hall–Kier alpha value is -2.95. The number of hydrogen-bond donors (Lipinski definition) is 1. The van der Waals surface area contributed by atoms with E-state index < -0.39 is 0 Å². The average molecular weight is 366 g/mol. The van der Waals surface area contributed by atoms with Crippen LogP contribution in [0.1, 0.15) is 47.3 Å². The van der Waals surface area contributed by atoms with Crippen LogP contribution >= 0.6 is 0 Å². The average Bonchev–Trinajstić information content (AvgIpc) is 2.56. The van der Waals surface area contributed by atoms with Gasteiger partial charge in [-0.15, -0.1) is 0 Å². The van der Waals surface area contributed by atoms with Gasteiger partial charge in [-0.05, 0) is 51.0 Å². The molecule has 0 bridgehead atoms. The van der Waals surface area contributed by atoms with E-state index in [1.165, 1.54) is 13.8 Å². The van der Waals surface area contributed by atoms with E-state index in [9.17, 15) is 14.4 Å². The number of nitrogens with one attached hydrogen (secondary N) is 1. The third kappa shape index (κ3) is 5.26. The summed E-state index contributed by atoms with van der Waals surface area (Å²) in [4.78, 5) is 37.6. The number of ketones is 1. The van der Waals surface area contributed by atoms with Gasteiger partial charge in [-0.25, -0.2) is 0 Å². The summed E-state index contributed by atoms with van der Waals surface area (Å²) >= 11 is 0. The number of rotatable bonds is 6. The van der Waals surface area contributed by atoms with Gasteiger partial charge in [0.05, 0.1) is 0 Å². The molecule has 0 saturated carbocycles. The highest BCUT2D eigenvalue weighted by atomic mass is 16.2. The summed E-state index contributed by atoms with van der Waals surface area (Å²) in [5.74, 6) is -0.361. The summed E-state index contributed by atoms with van der Waals surface area (Å²) in [7, 11) is 0. The molecular formula is C22H26N2O3. The minimum absolute atomic E-state index is 0.0563. The zero-order chi connectivity index (χ0) is 20.1. The summed E-state index contributed by atoms with van der Waals surface area (Å²) in [5.41, 5.74) is 5.14. The molecule has 0 radical (unpaired) electrons. The van der Waals surface area contributed by atoms with Gasteiger partial charge in [0.25, 0.3) is 0 Å². The Kier molecular flexibility index (Phi) is 6.50. The van der Waals surface area contributed by atoms with Gasteiger partial charge in [-0.1, -0.05) is 29.8 Å². The molecule has 0 atom stereocenters. The number of amides is 2. The molecule has 5 heteroatoms. The van der Waals surface area contributed by atoms with E-state index in [1.54, 1.807) is 29.2 Å². The standard InChI is InChI=1S/C22H26N2O3/c1-14-11-15(2)22(16(3)12-14)24(18(5)26)10-9-21(27)23-20-8-6-7-19(13-20)17(4)25/h6-8,11-13H,9-10H2,1-5H3,(H,23,27). The summed E-state index contributed by atoms with van der Waals surface area (Å²) in [6.07, 6.45) is 0.163. The first kappa shape index (κ1) is 20.4. The second-order valence-electron chi connectivity index (χ2n) is 6.85. The lowest BCUT2D eigenvalue weighted by atomic mass is 10.0. The Morgan fingerprint density at radius 3 is 2.15 bits per heavy atom. The summed E-state index contributed by atoms with van der Waals surface area (Å²) in [6, 6.07) is 10.9. The van der Waals surface area contributed by atoms with Crippen molar-refractivity contribution in [1.82, 2.24) is 0 Å². The summed E-state index contributed by atoms with van der Waals surface area (Å²) in [6.45, 7) is 9.24. The second kappa shape index (κ2) is 8.62. The second-order valence-corrected chi connectivity index (χ2v) is 6.85. The van der Waals surface area contributed by atoms with Crippen molar-refractivity contribution < 1.29 is 14.4 Å². The first-order chi connectivity index (χ1) is 12.7. The minimum atomic E-state index is -0.204. The van der Waals surface area contributed by atoms with Gasteiger partial charge in [0.2, 0.25) is 11.8 Å². The van der Waals surface area contributed by atoms with Gasteiger partial charge >= 0.3 is 0 Å². The first-order valence-corrected chi connectivity index (χ1v) is 8.96. The predicted octanol–water partition coefficient (Wildman–Crippen LogP) is 4.20. The van der Waals surface area contributed by atoms with Crippen molar-refractivity contribution in [3.63, 3.8) is 0 Å². The highest BCUT2D eigenvalue weighted by Crippen LogP contribution is 2.26. The molecule has 2 aromatic carbocycles. The number of benzene rings is 2. The van der Waals surface area contributed by atoms with Crippen molar-refractivity contribution in [2.45, 2.75) is 41.0 Å². The quantitative estimate of drug-likeness (QED) is 0.779. The smallest absolute Gasteiger partial charge is 0.226 e. The largest absolute Gasteiger partial charge is 0.326 e. The number of Topliss-reactive ketones (excluding diaryl/α,β-unsaturated/α-hetero) is 1. The molecule has 1 N–H and O–H groups in total. The molecular weight excluding hydrogens is 340 g/mol. The lowest BCUT2D eigenvalue weighted by molar-refractivity contribution is -0.117. The van der Waals surface area contributed by atoms with Crippen LogP contribution in [0.3, 0.4) is 0 Å². The highest BCUT2D eigenvalue weighted by Gasteiger charge is 2.18. The van der Waals surface area contributed by atoms with Gasteiger partial charge < -0.3 is 10.2 Å². The molecule has 0 heterocycles. The Morgan fingerprint density at radius 1 is 0.963 bits per heavy atom. The Bertz CT molecular complexity index is 864. The van der Waals surface area contributed by atoms with Crippen LogP contribution in [0.25, 0.3) is 0 Å². The van der Waals surface area contributed by atoms with Gasteiger partial charge in [-0.3, -0.25) is 14.4 Å². The minimum Gasteiger partial charge on any atom is -0.326 e. The number of hydrogen-bond acceptors (Lipinski definition) is 3. The number of nitrogens with zero attached hydrogens (tertiary/aromatic N) is 1. The van der Waals surface area contributed by atoms with Crippen LogP contribution in [0.15, 0.2) is 36.4 Å². The third-order valence-electron chi connectivity index (χ3n) is 4.40. The van der Waals surface area contributed by atoms with Crippen molar-refractivity contribution in [2.24, 2.45) is 0 Å².